The Labute approximate surface area is 190 Å². The maximum Gasteiger partial charge on any atom is 0.336 e. The summed E-state index contributed by atoms with van der Waals surface area (Å²) in [5.41, 5.74) is 3.58. The van der Waals surface area contributed by atoms with Crippen molar-refractivity contribution in [1.82, 2.24) is 0 Å². The second-order valence-electron chi connectivity index (χ2n) is 8.26. The zero-order valence-electron chi connectivity index (χ0n) is 18.0. The number of carboxylic acid groups (broad SMARTS) is 1. The van der Waals surface area contributed by atoms with Crippen molar-refractivity contribution in [1.29, 1.82) is 0 Å². The number of benzene rings is 3. The molecule has 1 unspecified atom stereocenters. The van der Waals surface area contributed by atoms with Crippen LogP contribution < -0.4 is 5.43 Å². The van der Waals surface area contributed by atoms with E-state index in [4.69, 9.17) is 4.42 Å². The molecule has 0 amide bonds. The van der Waals surface area contributed by atoms with Crippen molar-refractivity contribution in [3.8, 4) is 5.75 Å². The van der Waals surface area contributed by atoms with E-state index in [2.05, 4.69) is 19.1 Å². The lowest BCUT2D eigenvalue weighted by molar-refractivity contribution is -0.130. The van der Waals surface area contributed by atoms with E-state index >= 15 is 0 Å². The molecular formula is C28H22O5. The van der Waals surface area contributed by atoms with Crippen LogP contribution in [0, 0.1) is 0 Å². The summed E-state index contributed by atoms with van der Waals surface area (Å²) in [5, 5.41) is 20.2. The normalized spacial score (nSPS) is 14.8. The van der Waals surface area contributed by atoms with Crippen LogP contribution in [0.2, 0.25) is 0 Å². The van der Waals surface area contributed by atoms with Gasteiger partial charge in [0.2, 0.25) is 0 Å². The Hall–Kier alpha value is -4.12. The first kappa shape index (κ1) is 20.8. The van der Waals surface area contributed by atoms with Gasteiger partial charge >= 0.3 is 5.97 Å². The summed E-state index contributed by atoms with van der Waals surface area (Å²) in [6.45, 7) is 2.12. The summed E-state index contributed by atoms with van der Waals surface area (Å²) in [6, 6.07) is 19.7. The third-order valence-electron chi connectivity index (χ3n) is 6.13. The average Bonchev–Trinajstić information content (AvgIpc) is 2.95. The van der Waals surface area contributed by atoms with Gasteiger partial charge in [0, 0.05) is 6.07 Å². The Kier molecular flexibility index (Phi) is 5.09. The number of phenols is 1. The fourth-order valence-corrected chi connectivity index (χ4v) is 4.60. The zero-order valence-corrected chi connectivity index (χ0v) is 18.0. The Morgan fingerprint density at radius 1 is 1.03 bits per heavy atom. The van der Waals surface area contributed by atoms with Gasteiger partial charge in [-0.05, 0) is 46.9 Å². The molecule has 0 saturated heterocycles. The van der Waals surface area contributed by atoms with Gasteiger partial charge in [-0.3, -0.25) is 4.79 Å². The van der Waals surface area contributed by atoms with E-state index in [0.29, 0.717) is 11.3 Å². The van der Waals surface area contributed by atoms with Gasteiger partial charge in [-0.25, -0.2) is 4.79 Å². The molecule has 5 heteroatoms. The van der Waals surface area contributed by atoms with Gasteiger partial charge in [0.1, 0.15) is 17.1 Å². The van der Waals surface area contributed by atoms with E-state index in [0.717, 1.165) is 24.0 Å². The highest BCUT2D eigenvalue weighted by Crippen LogP contribution is 2.42. The number of carbonyl (C=O) groups is 1. The van der Waals surface area contributed by atoms with E-state index in [9.17, 15) is 19.8 Å². The van der Waals surface area contributed by atoms with Crippen molar-refractivity contribution < 1.29 is 19.4 Å². The van der Waals surface area contributed by atoms with Crippen molar-refractivity contribution in [2.75, 3.05) is 0 Å². The maximum absolute atomic E-state index is 13.5. The van der Waals surface area contributed by atoms with Crippen LogP contribution in [0.25, 0.3) is 22.6 Å². The number of aryl methyl sites for hydroxylation is 1. The molecular weight excluding hydrogens is 416 g/mol. The minimum absolute atomic E-state index is 0.0122. The first-order valence-electron chi connectivity index (χ1n) is 10.9. The van der Waals surface area contributed by atoms with Crippen LogP contribution in [0.5, 0.6) is 5.75 Å². The summed E-state index contributed by atoms with van der Waals surface area (Å²) in [4.78, 5) is 25.7. The molecule has 2 N–H and O–H groups in total. The Bertz CT molecular complexity index is 1470. The summed E-state index contributed by atoms with van der Waals surface area (Å²) in [7, 11) is 0. The number of carboxylic acids is 1. The Balaban J connectivity index is 1.87. The molecule has 4 aromatic rings. The number of aliphatic carboxylic acids is 1. The molecule has 1 heterocycles. The Morgan fingerprint density at radius 3 is 2.52 bits per heavy atom. The zero-order chi connectivity index (χ0) is 23.1. The molecule has 5 rings (SSSR count). The number of phenolic OH excluding ortho intramolecular Hbond substituents is 1. The minimum Gasteiger partial charge on any atom is -0.508 e. The highest BCUT2D eigenvalue weighted by atomic mass is 16.4. The molecule has 1 aliphatic rings. The molecule has 0 saturated carbocycles. The third kappa shape index (κ3) is 3.52. The predicted octanol–water partition coefficient (Wildman–Crippen LogP) is 5.57. The molecule has 0 aliphatic heterocycles. The third-order valence-corrected chi connectivity index (χ3v) is 6.13. The van der Waals surface area contributed by atoms with Gasteiger partial charge in [0.25, 0.3) is 0 Å². The maximum atomic E-state index is 13.5. The Morgan fingerprint density at radius 2 is 1.79 bits per heavy atom. The topological polar surface area (TPSA) is 87.7 Å². The number of fused-ring (bicyclic) bond motifs is 3. The summed E-state index contributed by atoms with van der Waals surface area (Å²) < 4.78 is 6.26. The van der Waals surface area contributed by atoms with Crippen LogP contribution in [0.4, 0.5) is 0 Å². The molecule has 0 spiro atoms. The van der Waals surface area contributed by atoms with E-state index in [1.54, 1.807) is 12.1 Å². The molecule has 1 aromatic heterocycles. The standard InChI is InChI=1S/C28H22O5/c1-2-5-16-8-10-17(11-9-16)25-20-7-4-3-6-19(20)22(28(31)32)15-23-26(30)21-13-12-18(29)14-24(21)33-27(23)25/h3-4,6-15,25,29H,2,5H2,1H3,(H,31,32). The molecule has 0 fully saturated rings. The summed E-state index contributed by atoms with van der Waals surface area (Å²) >= 11 is 0. The lowest BCUT2D eigenvalue weighted by atomic mass is 9.84. The van der Waals surface area contributed by atoms with Crippen molar-refractivity contribution >= 4 is 28.6 Å². The number of aromatic hydroxyl groups is 1. The van der Waals surface area contributed by atoms with Crippen LogP contribution in [0.3, 0.4) is 0 Å². The van der Waals surface area contributed by atoms with E-state index < -0.39 is 11.9 Å². The lowest BCUT2D eigenvalue weighted by Gasteiger charge is -2.20. The number of rotatable bonds is 4. The lowest BCUT2D eigenvalue weighted by Crippen LogP contribution is -2.13. The first-order valence-corrected chi connectivity index (χ1v) is 10.9. The van der Waals surface area contributed by atoms with Crippen molar-refractivity contribution in [3.05, 3.63) is 111 Å². The second kappa shape index (κ2) is 8.10. The molecule has 164 valence electrons. The van der Waals surface area contributed by atoms with Crippen LogP contribution in [0.1, 0.15) is 52.8 Å². The van der Waals surface area contributed by atoms with Gasteiger partial charge < -0.3 is 14.6 Å². The van der Waals surface area contributed by atoms with Gasteiger partial charge in [-0.2, -0.15) is 0 Å². The number of hydrogen-bond acceptors (Lipinski definition) is 4. The van der Waals surface area contributed by atoms with Crippen LogP contribution in [-0.4, -0.2) is 16.2 Å². The molecule has 0 radical (unpaired) electrons. The molecule has 1 atom stereocenters. The number of hydrogen-bond donors (Lipinski definition) is 2. The van der Waals surface area contributed by atoms with Gasteiger partial charge in [-0.15, -0.1) is 0 Å². The van der Waals surface area contributed by atoms with E-state index in [1.807, 2.05) is 24.3 Å². The molecule has 0 bridgehead atoms. The minimum atomic E-state index is -1.11. The first-order chi connectivity index (χ1) is 16.0. The fourth-order valence-electron chi connectivity index (χ4n) is 4.60. The quantitative estimate of drug-likeness (QED) is 0.435. The van der Waals surface area contributed by atoms with Gasteiger partial charge in [-0.1, -0.05) is 61.9 Å². The molecule has 5 nitrogen and oxygen atoms in total. The van der Waals surface area contributed by atoms with Crippen LogP contribution >= 0.6 is 0 Å². The summed E-state index contributed by atoms with van der Waals surface area (Å²) in [5.74, 6) is -1.25. The van der Waals surface area contributed by atoms with E-state index in [-0.39, 0.29) is 33.3 Å². The van der Waals surface area contributed by atoms with Crippen LogP contribution in [0.15, 0.2) is 75.9 Å². The van der Waals surface area contributed by atoms with Crippen molar-refractivity contribution in [3.63, 3.8) is 0 Å². The molecule has 3 aromatic carbocycles. The largest absolute Gasteiger partial charge is 0.508 e. The van der Waals surface area contributed by atoms with Gasteiger partial charge in [0.15, 0.2) is 5.43 Å². The highest BCUT2D eigenvalue weighted by Gasteiger charge is 2.32. The highest BCUT2D eigenvalue weighted by molar-refractivity contribution is 6.21. The molecule has 33 heavy (non-hydrogen) atoms. The van der Waals surface area contributed by atoms with Crippen molar-refractivity contribution in [2.24, 2.45) is 0 Å². The SMILES string of the molecule is CCCc1ccc(C2c3ccccc3C(C(=O)O)=Cc3c2oc2cc(O)ccc2c3=O)cc1. The summed E-state index contributed by atoms with van der Waals surface area (Å²) in [6.07, 6.45) is 3.41. The average molecular weight is 438 g/mol. The van der Waals surface area contributed by atoms with Crippen molar-refractivity contribution in [2.45, 2.75) is 25.7 Å². The second-order valence-corrected chi connectivity index (χ2v) is 8.26. The van der Waals surface area contributed by atoms with Crippen LogP contribution in [-0.2, 0) is 11.2 Å². The monoisotopic (exact) mass is 438 g/mol. The fraction of sp³-hybridized carbons (Fsp3) is 0.143. The smallest absolute Gasteiger partial charge is 0.336 e. The predicted molar refractivity (Wildman–Crippen MR) is 127 cm³/mol. The molecule has 1 aliphatic carbocycles. The van der Waals surface area contributed by atoms with Gasteiger partial charge in [0.05, 0.1) is 22.4 Å². The van der Waals surface area contributed by atoms with E-state index in [1.165, 1.54) is 29.8 Å².